The van der Waals surface area contributed by atoms with E-state index in [0.717, 1.165) is 25.7 Å². The molecule has 0 aliphatic carbocycles. The molecule has 2 rings (SSSR count). The van der Waals surface area contributed by atoms with Gasteiger partial charge in [-0.3, -0.25) is 0 Å². The van der Waals surface area contributed by atoms with Crippen molar-refractivity contribution in [3.8, 4) is 0 Å². The lowest BCUT2D eigenvalue weighted by Gasteiger charge is -2.16. The minimum Gasteiger partial charge on any atom is -0.313 e. The van der Waals surface area contributed by atoms with E-state index < -0.39 is 0 Å². The van der Waals surface area contributed by atoms with Crippen LogP contribution in [-0.2, 0) is 6.42 Å². The second-order valence-electron chi connectivity index (χ2n) is 4.08. The van der Waals surface area contributed by atoms with Gasteiger partial charge in [-0.1, -0.05) is 17.7 Å². The molecule has 1 aromatic heterocycles. The molecule has 0 fully saturated rings. The molecule has 0 radical (unpaired) electrons. The highest BCUT2D eigenvalue weighted by molar-refractivity contribution is 14.1. The van der Waals surface area contributed by atoms with E-state index in [0.29, 0.717) is 0 Å². The van der Waals surface area contributed by atoms with Crippen LogP contribution in [0, 0.1) is 10.5 Å². The third-order valence-electron chi connectivity index (χ3n) is 2.77. The molecule has 5 heteroatoms. The largest absolute Gasteiger partial charge is 0.313 e. The fraction of sp³-hybridized carbons (Fsp3) is 0.308. The van der Waals surface area contributed by atoms with Gasteiger partial charge in [0.2, 0.25) is 0 Å². The molecule has 2 aromatic rings. The maximum absolute atomic E-state index is 6.17. The second kappa shape index (κ2) is 6.32. The van der Waals surface area contributed by atoms with Crippen LogP contribution >= 0.6 is 45.5 Å². The smallest absolute Gasteiger partial charge is 0.0897 e. The predicted octanol–water partition coefficient (Wildman–Crippen LogP) is 4.21. The molecule has 1 aromatic carbocycles. The monoisotopic (exact) mass is 392 g/mol. The van der Waals surface area contributed by atoms with Crippen molar-refractivity contribution in [2.24, 2.45) is 0 Å². The average Bonchev–Trinajstić information content (AvgIpc) is 2.75. The first kappa shape index (κ1) is 14.2. The molecule has 0 saturated carbocycles. The van der Waals surface area contributed by atoms with Crippen LogP contribution in [0.2, 0.25) is 5.02 Å². The van der Waals surface area contributed by atoms with Gasteiger partial charge in [0, 0.05) is 21.4 Å². The van der Waals surface area contributed by atoms with Crippen molar-refractivity contribution in [3.63, 3.8) is 0 Å². The van der Waals surface area contributed by atoms with Gasteiger partial charge in [-0.2, -0.15) is 0 Å². The van der Waals surface area contributed by atoms with Crippen LogP contribution in [0.4, 0.5) is 0 Å². The predicted molar refractivity (Wildman–Crippen MR) is 86.5 cm³/mol. The van der Waals surface area contributed by atoms with Gasteiger partial charge in [-0.05, 0) is 54.3 Å². The van der Waals surface area contributed by atoms with Crippen molar-refractivity contribution in [1.82, 2.24) is 10.3 Å². The number of aromatic nitrogens is 1. The third kappa shape index (κ3) is 3.44. The number of nitrogens with zero attached hydrogens (tertiary/aromatic N) is 1. The number of aryl methyl sites for hydroxylation is 1. The zero-order valence-electron chi connectivity index (χ0n) is 10.2. The van der Waals surface area contributed by atoms with Crippen LogP contribution in [0.3, 0.4) is 0 Å². The summed E-state index contributed by atoms with van der Waals surface area (Å²) < 4.78 is 1.08. The number of hydrogen-bond donors (Lipinski definition) is 1. The van der Waals surface area contributed by atoms with E-state index in [-0.39, 0.29) is 6.04 Å². The molecule has 0 saturated heterocycles. The van der Waals surface area contributed by atoms with Crippen molar-refractivity contribution in [1.29, 1.82) is 0 Å². The van der Waals surface area contributed by atoms with Gasteiger partial charge < -0.3 is 5.32 Å². The number of hydrogen-bond acceptors (Lipinski definition) is 3. The van der Waals surface area contributed by atoms with Crippen molar-refractivity contribution in [2.75, 3.05) is 7.05 Å². The third-order valence-corrected chi connectivity index (χ3v) is 5.17. The van der Waals surface area contributed by atoms with Crippen LogP contribution < -0.4 is 5.32 Å². The fourth-order valence-corrected chi connectivity index (χ4v) is 2.98. The zero-order valence-corrected chi connectivity index (χ0v) is 13.9. The van der Waals surface area contributed by atoms with Crippen LogP contribution in [0.15, 0.2) is 23.6 Å². The fourth-order valence-electron chi connectivity index (χ4n) is 1.83. The minimum atomic E-state index is 0.251. The Morgan fingerprint density at radius 1 is 1.50 bits per heavy atom. The Morgan fingerprint density at radius 3 is 2.83 bits per heavy atom. The van der Waals surface area contributed by atoms with E-state index in [1.807, 2.05) is 20.0 Å². The highest BCUT2D eigenvalue weighted by Gasteiger charge is 2.13. The summed E-state index contributed by atoms with van der Waals surface area (Å²) in [6.07, 6.45) is 0.887. The van der Waals surface area contributed by atoms with Gasteiger partial charge >= 0.3 is 0 Å². The average molecular weight is 393 g/mol. The molecule has 0 spiro atoms. The Labute approximate surface area is 130 Å². The van der Waals surface area contributed by atoms with E-state index in [4.69, 9.17) is 11.6 Å². The molecule has 1 atom stereocenters. The normalized spacial score (nSPS) is 12.7. The lowest BCUT2D eigenvalue weighted by atomic mass is 10.0. The topological polar surface area (TPSA) is 24.9 Å². The van der Waals surface area contributed by atoms with E-state index in [1.165, 1.54) is 5.56 Å². The number of nitrogens with one attached hydrogen (secondary N) is 1. The molecule has 1 unspecified atom stereocenters. The summed E-state index contributed by atoms with van der Waals surface area (Å²) in [6, 6.07) is 6.45. The summed E-state index contributed by atoms with van der Waals surface area (Å²) in [6.45, 7) is 2.03. The molecule has 1 heterocycles. The first-order chi connectivity index (χ1) is 8.60. The number of likely N-dealkylation sites (N-methyl/N-ethyl adjacent to an activating group) is 1. The van der Waals surface area contributed by atoms with E-state index in [9.17, 15) is 0 Å². The standard InChI is InChI=1S/C13H14ClIN2S/c1-8-17-10(7-18-8)6-13(16-2)9-3-4-12(15)11(14)5-9/h3-5,7,13,16H,6H2,1-2H3. The van der Waals surface area contributed by atoms with Gasteiger partial charge in [0.25, 0.3) is 0 Å². The Morgan fingerprint density at radius 2 is 2.28 bits per heavy atom. The molecule has 0 bridgehead atoms. The van der Waals surface area contributed by atoms with Crippen LogP contribution in [-0.4, -0.2) is 12.0 Å². The molecule has 0 amide bonds. The minimum absolute atomic E-state index is 0.251. The van der Waals surface area contributed by atoms with Gasteiger partial charge in [-0.15, -0.1) is 11.3 Å². The number of thiazole rings is 1. The second-order valence-corrected chi connectivity index (χ2v) is 6.71. The molecule has 2 nitrogen and oxygen atoms in total. The highest BCUT2D eigenvalue weighted by atomic mass is 127. The summed E-state index contributed by atoms with van der Waals surface area (Å²) >= 11 is 10.1. The van der Waals surface area contributed by atoms with Crippen molar-refractivity contribution >= 4 is 45.5 Å². The van der Waals surface area contributed by atoms with Crippen LogP contribution in [0.25, 0.3) is 0 Å². The Hall–Kier alpha value is -0.170. The van der Waals surface area contributed by atoms with Gasteiger partial charge in [0.1, 0.15) is 0 Å². The van der Waals surface area contributed by atoms with Crippen LogP contribution in [0.1, 0.15) is 22.3 Å². The lowest BCUT2D eigenvalue weighted by Crippen LogP contribution is -2.19. The van der Waals surface area contributed by atoms with E-state index in [2.05, 4.69) is 50.4 Å². The van der Waals surface area contributed by atoms with Crippen molar-refractivity contribution in [3.05, 3.63) is 48.4 Å². The van der Waals surface area contributed by atoms with Crippen molar-refractivity contribution < 1.29 is 0 Å². The summed E-state index contributed by atoms with van der Waals surface area (Å²) in [4.78, 5) is 4.51. The molecule has 0 aliphatic heterocycles. The maximum Gasteiger partial charge on any atom is 0.0897 e. The molecule has 1 N–H and O–H groups in total. The summed E-state index contributed by atoms with van der Waals surface area (Å²) in [5, 5.41) is 7.37. The number of halogens is 2. The van der Waals surface area contributed by atoms with Gasteiger partial charge in [-0.25, -0.2) is 4.98 Å². The lowest BCUT2D eigenvalue weighted by molar-refractivity contribution is 0.585. The Kier molecular flexibility index (Phi) is 5.00. The first-order valence-electron chi connectivity index (χ1n) is 5.63. The Bertz CT molecular complexity index is 542. The zero-order chi connectivity index (χ0) is 13.1. The number of rotatable bonds is 4. The Balaban J connectivity index is 2.19. The SMILES string of the molecule is CNC(Cc1csc(C)n1)c1ccc(I)c(Cl)c1. The highest BCUT2D eigenvalue weighted by Crippen LogP contribution is 2.25. The molecule has 18 heavy (non-hydrogen) atoms. The van der Waals surface area contributed by atoms with Gasteiger partial charge in [0.05, 0.1) is 15.7 Å². The molecule has 96 valence electrons. The maximum atomic E-state index is 6.17. The molecule has 0 aliphatic rings. The van der Waals surface area contributed by atoms with Crippen LogP contribution in [0.5, 0.6) is 0 Å². The summed E-state index contributed by atoms with van der Waals surface area (Å²) in [5.41, 5.74) is 2.33. The number of benzene rings is 1. The molecular formula is C13H14ClIN2S. The van der Waals surface area contributed by atoms with Gasteiger partial charge in [0.15, 0.2) is 0 Å². The quantitative estimate of drug-likeness (QED) is 0.788. The summed E-state index contributed by atoms with van der Waals surface area (Å²) in [7, 11) is 1.97. The van der Waals surface area contributed by atoms with E-state index in [1.54, 1.807) is 11.3 Å². The first-order valence-corrected chi connectivity index (χ1v) is 7.97. The summed E-state index contributed by atoms with van der Waals surface area (Å²) in [5.74, 6) is 0. The van der Waals surface area contributed by atoms with E-state index >= 15 is 0 Å². The van der Waals surface area contributed by atoms with Crippen molar-refractivity contribution in [2.45, 2.75) is 19.4 Å². The molecular weight excluding hydrogens is 379 g/mol.